The van der Waals surface area contributed by atoms with E-state index in [1.807, 2.05) is 11.3 Å². The first-order valence-corrected chi connectivity index (χ1v) is 7.90. The van der Waals surface area contributed by atoms with Gasteiger partial charge in [0.1, 0.15) is 0 Å². The highest BCUT2D eigenvalue weighted by molar-refractivity contribution is 9.10. The van der Waals surface area contributed by atoms with Crippen LogP contribution in [-0.4, -0.2) is 6.04 Å². The van der Waals surface area contributed by atoms with Crippen molar-refractivity contribution in [3.63, 3.8) is 0 Å². The van der Waals surface area contributed by atoms with Crippen molar-refractivity contribution < 1.29 is 0 Å². The standard InChI is InChI=1S/C13H20BrNS/c1-10-5-3-2-4-6-12(10)15-9-13-11(14)7-8-16-13/h7-8,10,12,15H,2-6,9H2,1H3. The SMILES string of the molecule is CC1CCCCCC1NCc1sccc1Br. The van der Waals surface area contributed by atoms with Crippen molar-refractivity contribution in [3.05, 3.63) is 20.8 Å². The van der Waals surface area contributed by atoms with Crippen molar-refractivity contribution in [2.75, 3.05) is 0 Å². The van der Waals surface area contributed by atoms with Gasteiger partial charge in [-0.2, -0.15) is 0 Å². The van der Waals surface area contributed by atoms with E-state index >= 15 is 0 Å². The first-order chi connectivity index (χ1) is 7.77. The molecular weight excluding hydrogens is 282 g/mol. The minimum absolute atomic E-state index is 0.719. The molecule has 1 aliphatic rings. The van der Waals surface area contributed by atoms with Crippen LogP contribution in [0.25, 0.3) is 0 Å². The number of halogens is 1. The zero-order chi connectivity index (χ0) is 11.4. The van der Waals surface area contributed by atoms with Gasteiger partial charge < -0.3 is 5.32 Å². The highest BCUT2D eigenvalue weighted by atomic mass is 79.9. The summed E-state index contributed by atoms with van der Waals surface area (Å²) in [4.78, 5) is 1.43. The summed E-state index contributed by atoms with van der Waals surface area (Å²) in [5, 5.41) is 5.89. The Labute approximate surface area is 111 Å². The van der Waals surface area contributed by atoms with Crippen LogP contribution in [0.3, 0.4) is 0 Å². The minimum Gasteiger partial charge on any atom is -0.309 e. The second-order valence-corrected chi connectivity index (χ2v) is 6.65. The molecule has 0 radical (unpaired) electrons. The number of hydrogen-bond donors (Lipinski definition) is 1. The van der Waals surface area contributed by atoms with Crippen LogP contribution < -0.4 is 5.32 Å². The summed E-state index contributed by atoms with van der Waals surface area (Å²) < 4.78 is 1.26. The van der Waals surface area contributed by atoms with Crippen LogP contribution in [-0.2, 0) is 6.54 Å². The molecule has 1 heterocycles. The number of thiophene rings is 1. The Hall–Kier alpha value is 0.140. The van der Waals surface area contributed by atoms with Gasteiger partial charge in [-0.3, -0.25) is 0 Å². The summed E-state index contributed by atoms with van der Waals surface area (Å²) in [5.41, 5.74) is 0. The van der Waals surface area contributed by atoms with Crippen molar-refractivity contribution in [1.29, 1.82) is 0 Å². The highest BCUT2D eigenvalue weighted by Gasteiger charge is 2.19. The maximum absolute atomic E-state index is 3.74. The number of rotatable bonds is 3. The van der Waals surface area contributed by atoms with Crippen LogP contribution >= 0.6 is 27.3 Å². The van der Waals surface area contributed by atoms with E-state index in [1.54, 1.807) is 0 Å². The predicted molar refractivity (Wildman–Crippen MR) is 74.9 cm³/mol. The Morgan fingerprint density at radius 1 is 1.38 bits per heavy atom. The van der Waals surface area contributed by atoms with Crippen molar-refractivity contribution in [1.82, 2.24) is 5.32 Å². The first kappa shape index (κ1) is 12.6. The van der Waals surface area contributed by atoms with Crippen molar-refractivity contribution in [3.8, 4) is 0 Å². The van der Waals surface area contributed by atoms with Gasteiger partial charge in [0.25, 0.3) is 0 Å². The van der Waals surface area contributed by atoms with E-state index in [0.717, 1.165) is 18.5 Å². The molecule has 3 heteroatoms. The third-order valence-corrected chi connectivity index (χ3v) is 5.50. The molecule has 1 aromatic heterocycles. The number of nitrogens with one attached hydrogen (secondary N) is 1. The van der Waals surface area contributed by atoms with Crippen LogP contribution in [0.5, 0.6) is 0 Å². The van der Waals surface area contributed by atoms with E-state index in [2.05, 4.69) is 39.6 Å². The van der Waals surface area contributed by atoms with E-state index in [1.165, 1.54) is 41.5 Å². The summed E-state index contributed by atoms with van der Waals surface area (Å²) in [6.45, 7) is 3.42. The molecule has 1 aromatic rings. The van der Waals surface area contributed by atoms with Gasteiger partial charge in [0.15, 0.2) is 0 Å². The molecule has 16 heavy (non-hydrogen) atoms. The molecule has 2 atom stereocenters. The molecule has 0 amide bonds. The molecule has 1 aliphatic carbocycles. The second-order valence-electron chi connectivity index (χ2n) is 4.79. The molecule has 0 bridgehead atoms. The fraction of sp³-hybridized carbons (Fsp3) is 0.692. The maximum atomic E-state index is 3.74. The minimum atomic E-state index is 0.719. The molecule has 0 aromatic carbocycles. The van der Waals surface area contributed by atoms with Crippen molar-refractivity contribution >= 4 is 27.3 Å². The maximum Gasteiger partial charge on any atom is 0.0327 e. The Bertz CT molecular complexity index is 323. The number of hydrogen-bond acceptors (Lipinski definition) is 2. The van der Waals surface area contributed by atoms with Gasteiger partial charge in [-0.25, -0.2) is 0 Å². The Morgan fingerprint density at radius 3 is 2.94 bits per heavy atom. The van der Waals surface area contributed by atoms with Crippen LogP contribution in [0.2, 0.25) is 0 Å². The molecule has 0 saturated heterocycles. The van der Waals surface area contributed by atoms with Gasteiger partial charge in [0, 0.05) is 21.9 Å². The normalized spacial score (nSPS) is 26.6. The Balaban J connectivity index is 1.86. The summed E-state index contributed by atoms with van der Waals surface area (Å²) in [5.74, 6) is 0.834. The Morgan fingerprint density at radius 2 is 2.19 bits per heavy atom. The fourth-order valence-electron chi connectivity index (χ4n) is 2.47. The summed E-state index contributed by atoms with van der Waals surface area (Å²) >= 11 is 5.43. The van der Waals surface area contributed by atoms with Crippen LogP contribution in [0, 0.1) is 5.92 Å². The predicted octanol–water partition coefficient (Wildman–Crippen LogP) is 4.57. The van der Waals surface area contributed by atoms with Crippen LogP contribution in [0.15, 0.2) is 15.9 Å². The molecule has 0 aliphatic heterocycles. The average Bonchev–Trinajstić information content (AvgIpc) is 2.56. The summed E-state index contributed by atoms with van der Waals surface area (Å²) in [6, 6.07) is 2.86. The van der Waals surface area contributed by atoms with Gasteiger partial charge in [-0.15, -0.1) is 11.3 Å². The van der Waals surface area contributed by atoms with E-state index in [9.17, 15) is 0 Å². The van der Waals surface area contributed by atoms with Crippen molar-refractivity contribution in [2.45, 2.75) is 51.6 Å². The van der Waals surface area contributed by atoms with Gasteiger partial charge in [0.05, 0.1) is 0 Å². The zero-order valence-electron chi connectivity index (χ0n) is 9.84. The zero-order valence-corrected chi connectivity index (χ0v) is 12.2. The van der Waals surface area contributed by atoms with E-state index in [0.29, 0.717) is 0 Å². The Kier molecular flexibility index (Phi) is 4.86. The lowest BCUT2D eigenvalue weighted by molar-refractivity contribution is 0.357. The monoisotopic (exact) mass is 301 g/mol. The molecule has 1 N–H and O–H groups in total. The largest absolute Gasteiger partial charge is 0.309 e. The third kappa shape index (κ3) is 3.31. The van der Waals surface area contributed by atoms with Gasteiger partial charge in [-0.1, -0.05) is 26.2 Å². The van der Waals surface area contributed by atoms with E-state index < -0.39 is 0 Å². The highest BCUT2D eigenvalue weighted by Crippen LogP contribution is 2.25. The van der Waals surface area contributed by atoms with Gasteiger partial charge >= 0.3 is 0 Å². The molecule has 1 saturated carbocycles. The smallest absolute Gasteiger partial charge is 0.0327 e. The summed E-state index contributed by atoms with van der Waals surface area (Å²) in [7, 11) is 0. The lowest BCUT2D eigenvalue weighted by Gasteiger charge is -2.22. The van der Waals surface area contributed by atoms with Crippen LogP contribution in [0.4, 0.5) is 0 Å². The molecule has 90 valence electrons. The van der Waals surface area contributed by atoms with Gasteiger partial charge in [-0.05, 0) is 46.1 Å². The molecule has 1 nitrogen and oxygen atoms in total. The molecule has 2 rings (SSSR count). The second kappa shape index (κ2) is 6.18. The van der Waals surface area contributed by atoms with E-state index in [-0.39, 0.29) is 0 Å². The molecule has 2 unspecified atom stereocenters. The topological polar surface area (TPSA) is 12.0 Å². The summed E-state index contributed by atoms with van der Waals surface area (Å²) in [6.07, 6.45) is 6.98. The van der Waals surface area contributed by atoms with Gasteiger partial charge in [0.2, 0.25) is 0 Å². The molecule has 0 spiro atoms. The third-order valence-electron chi connectivity index (χ3n) is 3.58. The van der Waals surface area contributed by atoms with Crippen molar-refractivity contribution in [2.24, 2.45) is 5.92 Å². The molecular formula is C13H20BrNS. The van der Waals surface area contributed by atoms with E-state index in [4.69, 9.17) is 0 Å². The first-order valence-electron chi connectivity index (χ1n) is 6.22. The van der Waals surface area contributed by atoms with Crippen LogP contribution in [0.1, 0.15) is 43.9 Å². The lowest BCUT2D eigenvalue weighted by Crippen LogP contribution is -2.33. The lowest BCUT2D eigenvalue weighted by atomic mass is 9.97. The average molecular weight is 302 g/mol. The fourth-order valence-corrected chi connectivity index (χ4v) is 3.91. The quantitative estimate of drug-likeness (QED) is 0.807. The molecule has 1 fully saturated rings.